The maximum atomic E-state index is 11.0. The molecule has 0 amide bonds. The normalized spacial score (nSPS) is 41.4. The third-order valence-corrected chi connectivity index (χ3v) is 7.32. The molecule has 0 heterocycles. The molecule has 2 heteroatoms. The molecule has 122 valence electrons. The molecule has 2 saturated carbocycles. The van der Waals surface area contributed by atoms with Gasteiger partial charge in [-0.1, -0.05) is 18.9 Å². The van der Waals surface area contributed by atoms with Crippen LogP contribution in [0.15, 0.2) is 18.2 Å². The monoisotopic (exact) mass is 310 g/mol. The Morgan fingerprint density at radius 2 is 2.09 bits per heavy atom. The lowest BCUT2D eigenvalue weighted by molar-refractivity contribution is -0.0646. The molecule has 0 spiro atoms. The number of fused-ring (bicyclic) bond motifs is 5. The Labute approximate surface area is 139 Å². The first kappa shape index (κ1) is 15.1. The van der Waals surface area contributed by atoms with Crippen molar-refractivity contribution < 1.29 is 9.84 Å². The van der Waals surface area contributed by atoms with Gasteiger partial charge in [0, 0.05) is 5.41 Å². The highest BCUT2D eigenvalue weighted by Crippen LogP contribution is 2.64. The maximum absolute atomic E-state index is 11.0. The number of ether oxygens (including phenoxy) is 1. The van der Waals surface area contributed by atoms with E-state index in [-0.39, 0.29) is 5.41 Å². The number of methoxy groups -OCH3 is 1. The molecule has 1 unspecified atom stereocenters. The molecule has 4 rings (SSSR count). The zero-order chi connectivity index (χ0) is 16.2. The Kier molecular flexibility index (Phi) is 3.29. The summed E-state index contributed by atoms with van der Waals surface area (Å²) in [5.74, 6) is 5.56. The van der Waals surface area contributed by atoms with Crippen molar-refractivity contribution in [2.24, 2.45) is 17.3 Å². The molecule has 5 atom stereocenters. The van der Waals surface area contributed by atoms with Crippen molar-refractivity contribution in [3.05, 3.63) is 29.3 Å². The van der Waals surface area contributed by atoms with Crippen LogP contribution in [0.2, 0.25) is 0 Å². The second-order valence-corrected chi connectivity index (χ2v) is 7.98. The number of hydrogen-bond acceptors (Lipinski definition) is 2. The largest absolute Gasteiger partial charge is 0.497 e. The standard InChI is InChI=1S/C21H26O2/c1-4-21(22)12-10-19-18-7-5-14-13-15(23-3)6-8-16(14)17(18)9-11-20(19,21)2/h1,6,8,13,17-19,22H,5,7,9-12H2,2-3H3/t17?,18-,19+,20-,21+/m1/s1. The van der Waals surface area contributed by atoms with Crippen LogP contribution in [0.3, 0.4) is 0 Å². The minimum atomic E-state index is -0.900. The zero-order valence-corrected chi connectivity index (χ0v) is 14.1. The number of aryl methyl sites for hydroxylation is 1. The van der Waals surface area contributed by atoms with E-state index in [1.54, 1.807) is 7.11 Å². The van der Waals surface area contributed by atoms with E-state index >= 15 is 0 Å². The van der Waals surface area contributed by atoms with Gasteiger partial charge in [-0.3, -0.25) is 0 Å². The van der Waals surface area contributed by atoms with Crippen LogP contribution in [0.4, 0.5) is 0 Å². The fraction of sp³-hybridized carbons (Fsp3) is 0.619. The first-order valence-electron chi connectivity index (χ1n) is 8.89. The molecular weight excluding hydrogens is 284 g/mol. The molecule has 0 saturated heterocycles. The molecular formula is C21H26O2. The van der Waals surface area contributed by atoms with Crippen LogP contribution < -0.4 is 4.74 Å². The fourth-order valence-electron chi connectivity index (χ4n) is 5.94. The molecule has 0 aromatic heterocycles. The van der Waals surface area contributed by atoms with Gasteiger partial charge in [0.15, 0.2) is 0 Å². The predicted octanol–water partition coefficient (Wildman–Crippen LogP) is 3.92. The summed E-state index contributed by atoms with van der Waals surface area (Å²) in [5.41, 5.74) is 1.97. The summed E-state index contributed by atoms with van der Waals surface area (Å²) in [6.07, 6.45) is 12.1. The molecule has 0 bridgehead atoms. The molecule has 3 aliphatic rings. The van der Waals surface area contributed by atoms with Gasteiger partial charge in [0.05, 0.1) is 7.11 Å². The van der Waals surface area contributed by atoms with Gasteiger partial charge >= 0.3 is 0 Å². The quantitative estimate of drug-likeness (QED) is 0.797. The van der Waals surface area contributed by atoms with E-state index in [0.717, 1.165) is 37.9 Å². The van der Waals surface area contributed by atoms with E-state index in [1.165, 1.54) is 17.5 Å². The van der Waals surface area contributed by atoms with Gasteiger partial charge in [0.25, 0.3) is 0 Å². The molecule has 3 aliphatic carbocycles. The predicted molar refractivity (Wildman–Crippen MR) is 91.4 cm³/mol. The number of hydrogen-bond donors (Lipinski definition) is 1. The summed E-state index contributed by atoms with van der Waals surface area (Å²) in [6.45, 7) is 2.24. The van der Waals surface area contributed by atoms with Crippen molar-refractivity contribution in [2.45, 2.75) is 57.0 Å². The van der Waals surface area contributed by atoms with Crippen LogP contribution in [0.1, 0.15) is 56.1 Å². The van der Waals surface area contributed by atoms with Crippen LogP contribution in [-0.4, -0.2) is 17.8 Å². The average Bonchev–Trinajstić information content (AvgIpc) is 2.86. The Morgan fingerprint density at radius 1 is 1.26 bits per heavy atom. The zero-order valence-electron chi connectivity index (χ0n) is 14.1. The summed E-state index contributed by atoms with van der Waals surface area (Å²) in [6, 6.07) is 6.59. The first-order chi connectivity index (χ1) is 11.0. The van der Waals surface area contributed by atoms with Crippen molar-refractivity contribution in [3.8, 4) is 18.1 Å². The van der Waals surface area contributed by atoms with Crippen LogP contribution in [0.5, 0.6) is 5.75 Å². The lowest BCUT2D eigenvalue weighted by atomic mass is 9.53. The third-order valence-electron chi connectivity index (χ3n) is 7.32. The molecule has 0 radical (unpaired) electrons. The third kappa shape index (κ3) is 1.93. The topological polar surface area (TPSA) is 29.5 Å². The van der Waals surface area contributed by atoms with Gasteiger partial charge in [0.2, 0.25) is 0 Å². The first-order valence-corrected chi connectivity index (χ1v) is 8.89. The molecule has 1 aromatic rings. The molecule has 2 nitrogen and oxygen atoms in total. The minimum absolute atomic E-state index is 0.104. The van der Waals surface area contributed by atoms with Gasteiger partial charge in [-0.05, 0) is 79.5 Å². The van der Waals surface area contributed by atoms with Crippen molar-refractivity contribution in [1.82, 2.24) is 0 Å². The van der Waals surface area contributed by atoms with Crippen molar-refractivity contribution in [3.63, 3.8) is 0 Å². The van der Waals surface area contributed by atoms with E-state index in [2.05, 4.69) is 31.0 Å². The van der Waals surface area contributed by atoms with Crippen LogP contribution in [0, 0.1) is 29.6 Å². The van der Waals surface area contributed by atoms with E-state index in [1.807, 2.05) is 0 Å². The SMILES string of the molecule is C#C[C@]1(O)CC[C@H]2[C@@H]3CCc4cc(OC)ccc4C3CC[C@]21C. The van der Waals surface area contributed by atoms with E-state index in [9.17, 15) is 5.11 Å². The number of benzene rings is 1. The summed E-state index contributed by atoms with van der Waals surface area (Å²) in [4.78, 5) is 0. The van der Waals surface area contributed by atoms with Gasteiger partial charge in [-0.15, -0.1) is 6.42 Å². The number of aliphatic hydroxyl groups is 1. The Hall–Kier alpha value is -1.46. The Bertz CT molecular complexity index is 673. The van der Waals surface area contributed by atoms with Crippen molar-refractivity contribution in [2.75, 3.05) is 7.11 Å². The lowest BCUT2D eigenvalue weighted by Crippen LogP contribution is -2.50. The van der Waals surface area contributed by atoms with Crippen LogP contribution >= 0.6 is 0 Å². The molecule has 1 aromatic carbocycles. The van der Waals surface area contributed by atoms with E-state index in [4.69, 9.17) is 11.2 Å². The summed E-state index contributed by atoms with van der Waals surface area (Å²) in [7, 11) is 1.73. The van der Waals surface area contributed by atoms with E-state index in [0.29, 0.717) is 17.8 Å². The van der Waals surface area contributed by atoms with Gasteiger partial charge in [-0.25, -0.2) is 0 Å². The molecule has 0 aliphatic heterocycles. The van der Waals surface area contributed by atoms with Crippen molar-refractivity contribution >= 4 is 0 Å². The van der Waals surface area contributed by atoms with Gasteiger partial charge < -0.3 is 9.84 Å². The Morgan fingerprint density at radius 3 is 2.83 bits per heavy atom. The molecule has 2 fully saturated rings. The van der Waals surface area contributed by atoms with Crippen LogP contribution in [0.25, 0.3) is 0 Å². The smallest absolute Gasteiger partial charge is 0.130 e. The highest BCUT2D eigenvalue weighted by Gasteiger charge is 2.61. The summed E-state index contributed by atoms with van der Waals surface area (Å²) < 4.78 is 5.39. The number of rotatable bonds is 1. The van der Waals surface area contributed by atoms with Gasteiger partial charge in [0.1, 0.15) is 11.4 Å². The van der Waals surface area contributed by atoms with Crippen LogP contribution in [-0.2, 0) is 6.42 Å². The highest BCUT2D eigenvalue weighted by molar-refractivity contribution is 5.41. The number of terminal acetylenes is 1. The summed E-state index contributed by atoms with van der Waals surface area (Å²) >= 11 is 0. The summed E-state index contributed by atoms with van der Waals surface area (Å²) in [5, 5.41) is 11.0. The highest BCUT2D eigenvalue weighted by atomic mass is 16.5. The van der Waals surface area contributed by atoms with Gasteiger partial charge in [-0.2, -0.15) is 0 Å². The fourth-order valence-corrected chi connectivity index (χ4v) is 5.94. The van der Waals surface area contributed by atoms with Crippen molar-refractivity contribution in [1.29, 1.82) is 0 Å². The maximum Gasteiger partial charge on any atom is 0.130 e. The second-order valence-electron chi connectivity index (χ2n) is 7.98. The lowest BCUT2D eigenvalue weighted by Gasteiger charge is -2.52. The second kappa shape index (κ2) is 5.02. The minimum Gasteiger partial charge on any atom is -0.497 e. The molecule has 1 N–H and O–H groups in total. The van der Waals surface area contributed by atoms with E-state index < -0.39 is 5.60 Å². The Balaban J connectivity index is 1.70. The average molecular weight is 310 g/mol. The molecule has 23 heavy (non-hydrogen) atoms.